The van der Waals surface area contributed by atoms with E-state index in [4.69, 9.17) is 11.6 Å². The quantitative estimate of drug-likeness (QED) is 0.601. The average Bonchev–Trinajstić information content (AvgIpc) is 2.86. The molecule has 1 N–H and O–H groups in total. The van der Waals surface area contributed by atoms with Crippen LogP contribution in [0.25, 0.3) is 0 Å². The van der Waals surface area contributed by atoms with Crippen LogP contribution in [0.2, 0.25) is 5.02 Å². The molecule has 0 radical (unpaired) electrons. The Labute approximate surface area is 230 Å². The number of alkyl halides is 3. The van der Waals surface area contributed by atoms with E-state index in [0.717, 1.165) is 61.7 Å². The third-order valence-corrected chi connectivity index (χ3v) is 8.69. The van der Waals surface area contributed by atoms with Gasteiger partial charge in [-0.15, -0.1) is 0 Å². The second-order valence-electron chi connectivity index (χ2n) is 11.2. The number of aliphatic hydroxyl groups is 1. The van der Waals surface area contributed by atoms with Gasteiger partial charge in [0.2, 0.25) is 0 Å². The Balaban J connectivity index is 1.14. The van der Waals surface area contributed by atoms with Crippen molar-refractivity contribution in [3.05, 3.63) is 64.7 Å². The first-order valence-electron chi connectivity index (χ1n) is 13.0. The summed E-state index contributed by atoms with van der Waals surface area (Å²) < 4.78 is 41.7. The van der Waals surface area contributed by atoms with Gasteiger partial charge in [-0.2, -0.15) is 13.2 Å². The van der Waals surface area contributed by atoms with Crippen LogP contribution in [0.1, 0.15) is 28.8 Å². The molecule has 2 aliphatic heterocycles. The maximum Gasteiger partial charge on any atom is 0.430 e. The molecule has 1 aliphatic carbocycles. The number of hydrogen-bond donors (Lipinski definition) is 1. The predicted octanol–water partition coefficient (Wildman–Crippen LogP) is 3.60. The molecule has 1 spiro atoms. The summed E-state index contributed by atoms with van der Waals surface area (Å²) in [6.07, 6.45) is -3.48. The molecule has 7 nitrogen and oxygen atoms in total. The molecule has 0 bridgehead atoms. The summed E-state index contributed by atoms with van der Waals surface area (Å²) in [5, 5.41) is 11.0. The molecule has 2 saturated heterocycles. The minimum Gasteiger partial charge on any atom is -0.369 e. The lowest BCUT2D eigenvalue weighted by Gasteiger charge is -2.62. The number of amides is 2. The van der Waals surface area contributed by atoms with Crippen molar-refractivity contribution in [2.45, 2.75) is 30.7 Å². The lowest BCUT2D eigenvalue weighted by Crippen LogP contribution is -2.71. The molecule has 3 aliphatic rings. The number of rotatable bonds is 5. The van der Waals surface area contributed by atoms with Crippen LogP contribution in [0.3, 0.4) is 0 Å². The van der Waals surface area contributed by atoms with Crippen molar-refractivity contribution in [3.8, 4) is 0 Å². The molecule has 3 fully saturated rings. The Bertz CT molecular complexity index is 1240. The van der Waals surface area contributed by atoms with Gasteiger partial charge in [0.15, 0.2) is 0 Å². The zero-order valence-corrected chi connectivity index (χ0v) is 22.7. The van der Waals surface area contributed by atoms with Crippen LogP contribution < -0.4 is 4.90 Å². The molecule has 39 heavy (non-hydrogen) atoms. The summed E-state index contributed by atoms with van der Waals surface area (Å²) >= 11 is 6.38. The Kier molecular flexibility index (Phi) is 7.10. The lowest BCUT2D eigenvalue weighted by atomic mass is 9.59. The van der Waals surface area contributed by atoms with E-state index in [0.29, 0.717) is 16.6 Å². The summed E-state index contributed by atoms with van der Waals surface area (Å²) in [6, 6.07) is 12.4. The fourth-order valence-corrected chi connectivity index (χ4v) is 6.40. The first kappa shape index (κ1) is 27.7. The largest absolute Gasteiger partial charge is 0.430 e. The minimum atomic E-state index is -5.12. The van der Waals surface area contributed by atoms with Crippen molar-refractivity contribution in [3.63, 3.8) is 0 Å². The topological polar surface area (TPSA) is 67.3 Å². The van der Waals surface area contributed by atoms with Crippen molar-refractivity contribution in [2.24, 2.45) is 5.41 Å². The molecule has 0 aromatic heterocycles. The van der Waals surface area contributed by atoms with Gasteiger partial charge < -0.3 is 19.8 Å². The Hall–Kier alpha value is -2.82. The van der Waals surface area contributed by atoms with Crippen LogP contribution in [0, 0.1) is 5.41 Å². The number of carbonyl (C=O) groups excluding carboxylic acids is 2. The highest BCUT2D eigenvalue weighted by atomic mass is 35.5. The van der Waals surface area contributed by atoms with Gasteiger partial charge in [-0.25, -0.2) is 0 Å². The van der Waals surface area contributed by atoms with Crippen molar-refractivity contribution < 1.29 is 27.9 Å². The van der Waals surface area contributed by atoms with E-state index < -0.39 is 23.2 Å². The van der Waals surface area contributed by atoms with E-state index in [2.05, 4.69) is 9.80 Å². The van der Waals surface area contributed by atoms with Crippen LogP contribution in [-0.4, -0.2) is 97.2 Å². The fraction of sp³-hybridized carbons (Fsp3) is 0.500. The molecular formula is C28H32ClF3N4O3. The number of hydrogen-bond acceptors (Lipinski definition) is 5. The molecule has 5 rings (SSSR count). The first-order valence-corrected chi connectivity index (χ1v) is 13.4. The standard InChI is InChI=1S/C28H32ClF3N4O3/c1-33(2)24(37)22-9-8-20(14-23(22)29)34-10-12-35(13-11-34)21-15-26(16-21)17-36(18-26)25(38)27(39,28(30,31)32)19-6-4-3-5-7-19/h3-9,14,21,39H,10-13,15-18H2,1-2H3. The summed E-state index contributed by atoms with van der Waals surface area (Å²) in [6.45, 7) is 3.71. The molecule has 210 valence electrons. The molecule has 1 saturated carbocycles. The maximum absolute atomic E-state index is 13.9. The van der Waals surface area contributed by atoms with E-state index in [9.17, 15) is 27.9 Å². The van der Waals surface area contributed by atoms with Gasteiger partial charge in [-0.1, -0.05) is 41.9 Å². The third-order valence-electron chi connectivity index (χ3n) is 8.37. The van der Waals surface area contributed by atoms with Crippen LogP contribution in [-0.2, 0) is 10.4 Å². The molecule has 1 atom stereocenters. The van der Waals surface area contributed by atoms with Gasteiger partial charge in [-0.05, 0) is 31.0 Å². The number of halogens is 4. The molecule has 2 aromatic carbocycles. The highest BCUT2D eigenvalue weighted by molar-refractivity contribution is 6.34. The molecule has 1 unspecified atom stereocenters. The van der Waals surface area contributed by atoms with E-state index >= 15 is 0 Å². The van der Waals surface area contributed by atoms with Crippen LogP contribution >= 0.6 is 11.6 Å². The minimum absolute atomic E-state index is 0.144. The SMILES string of the molecule is CN(C)C(=O)c1ccc(N2CCN(C3CC4(C3)CN(C(=O)C(O)(c3ccccc3)C(F)(F)F)C4)CC2)cc1Cl. The van der Waals surface area contributed by atoms with Gasteiger partial charge in [-0.3, -0.25) is 14.5 Å². The highest BCUT2D eigenvalue weighted by Crippen LogP contribution is 2.52. The molecule has 2 heterocycles. The van der Waals surface area contributed by atoms with Gasteiger partial charge >= 0.3 is 6.18 Å². The summed E-state index contributed by atoms with van der Waals surface area (Å²) in [7, 11) is 3.37. The van der Waals surface area contributed by atoms with Crippen LogP contribution in [0.15, 0.2) is 48.5 Å². The van der Waals surface area contributed by atoms with Crippen molar-refractivity contribution >= 4 is 29.1 Å². The predicted molar refractivity (Wildman–Crippen MR) is 142 cm³/mol. The number of likely N-dealkylation sites (tertiary alicyclic amines) is 1. The highest BCUT2D eigenvalue weighted by Gasteiger charge is 2.65. The summed E-state index contributed by atoms with van der Waals surface area (Å²) in [4.78, 5) is 32.4. The van der Waals surface area contributed by atoms with E-state index in [1.54, 1.807) is 20.2 Å². The Morgan fingerprint density at radius 3 is 2.15 bits per heavy atom. The number of benzene rings is 2. The van der Waals surface area contributed by atoms with Crippen molar-refractivity contribution in [1.29, 1.82) is 0 Å². The number of anilines is 1. The van der Waals surface area contributed by atoms with Crippen LogP contribution in [0.4, 0.5) is 18.9 Å². The second-order valence-corrected chi connectivity index (χ2v) is 11.6. The zero-order chi connectivity index (χ0) is 28.2. The van der Waals surface area contributed by atoms with Gasteiger partial charge in [0.25, 0.3) is 17.4 Å². The zero-order valence-electron chi connectivity index (χ0n) is 21.9. The summed E-state index contributed by atoms with van der Waals surface area (Å²) in [5.41, 5.74) is -2.76. The smallest absolute Gasteiger partial charge is 0.369 e. The Morgan fingerprint density at radius 1 is 1.00 bits per heavy atom. The second kappa shape index (κ2) is 9.98. The van der Waals surface area contributed by atoms with E-state index in [-0.39, 0.29) is 24.4 Å². The van der Waals surface area contributed by atoms with Gasteiger partial charge in [0.1, 0.15) is 0 Å². The third kappa shape index (κ3) is 4.87. The van der Waals surface area contributed by atoms with E-state index in [1.165, 1.54) is 23.1 Å². The average molecular weight is 565 g/mol. The van der Waals surface area contributed by atoms with E-state index in [1.807, 2.05) is 12.1 Å². The molecule has 2 aromatic rings. The first-order chi connectivity index (χ1) is 18.3. The van der Waals surface area contributed by atoms with Crippen molar-refractivity contribution in [1.82, 2.24) is 14.7 Å². The van der Waals surface area contributed by atoms with Crippen molar-refractivity contribution in [2.75, 3.05) is 58.3 Å². The number of carbonyl (C=O) groups is 2. The fourth-order valence-electron chi connectivity index (χ4n) is 6.14. The normalized spacial score (nSPS) is 21.2. The van der Waals surface area contributed by atoms with Crippen LogP contribution in [0.5, 0.6) is 0 Å². The number of nitrogens with zero attached hydrogens (tertiary/aromatic N) is 4. The maximum atomic E-state index is 13.9. The summed E-state index contributed by atoms with van der Waals surface area (Å²) in [5.74, 6) is -1.45. The molecule has 2 amide bonds. The molecular weight excluding hydrogens is 533 g/mol. The number of piperazine rings is 1. The van der Waals surface area contributed by atoms with Gasteiger partial charge in [0, 0.05) is 76.1 Å². The van der Waals surface area contributed by atoms with Gasteiger partial charge in [0.05, 0.1) is 10.6 Å². The lowest BCUT2D eigenvalue weighted by molar-refractivity contribution is -0.267. The monoisotopic (exact) mass is 564 g/mol. The molecule has 11 heteroatoms. The Morgan fingerprint density at radius 2 is 1.62 bits per heavy atom.